The van der Waals surface area contributed by atoms with Crippen molar-refractivity contribution in [3.63, 3.8) is 0 Å². The highest BCUT2D eigenvalue weighted by Gasteiger charge is 2.33. The summed E-state index contributed by atoms with van der Waals surface area (Å²) in [4.78, 5) is 3.83. The highest BCUT2D eigenvalue weighted by molar-refractivity contribution is 6.30. The van der Waals surface area contributed by atoms with Gasteiger partial charge in [-0.2, -0.15) is 13.2 Å². The molecule has 0 aliphatic heterocycles. The van der Waals surface area contributed by atoms with E-state index in [0.717, 1.165) is 6.07 Å². The Labute approximate surface area is 124 Å². The van der Waals surface area contributed by atoms with E-state index < -0.39 is 11.7 Å². The molecule has 1 aromatic carbocycles. The molecule has 21 heavy (non-hydrogen) atoms. The third-order valence-electron chi connectivity index (χ3n) is 2.80. The van der Waals surface area contributed by atoms with E-state index in [1.807, 2.05) is 0 Å². The Hall–Kier alpha value is -1.95. The monoisotopic (exact) mass is 316 g/mol. The number of hydrogen-bond donors (Lipinski definition) is 1. The number of halogens is 4. The van der Waals surface area contributed by atoms with E-state index in [0.29, 0.717) is 5.75 Å². The maximum Gasteiger partial charge on any atom is 0.416 e. The Morgan fingerprint density at radius 1 is 1.24 bits per heavy atom. The number of ether oxygens (including phenoxy) is 1. The number of aromatic nitrogens is 1. The van der Waals surface area contributed by atoms with Gasteiger partial charge in [-0.15, -0.1) is 0 Å². The molecule has 0 aliphatic carbocycles. The third kappa shape index (κ3) is 4.01. The van der Waals surface area contributed by atoms with Crippen molar-refractivity contribution >= 4 is 17.4 Å². The molecule has 0 fully saturated rings. The van der Waals surface area contributed by atoms with Crippen molar-refractivity contribution in [2.75, 3.05) is 12.3 Å². The number of nitrogen functional groups attached to an aromatic ring is 1. The smallest absolute Gasteiger partial charge is 0.416 e. The summed E-state index contributed by atoms with van der Waals surface area (Å²) in [5.41, 5.74) is 4.95. The summed E-state index contributed by atoms with van der Waals surface area (Å²) in [5, 5.41) is 0.249. The normalized spacial score (nSPS) is 11.4. The number of nitrogens with two attached hydrogens (primary N) is 1. The summed E-state index contributed by atoms with van der Waals surface area (Å²) in [7, 11) is 0. The van der Waals surface area contributed by atoms with Gasteiger partial charge in [-0.1, -0.05) is 11.6 Å². The highest BCUT2D eigenvalue weighted by Crippen LogP contribution is 2.33. The minimum absolute atomic E-state index is 0.0410. The number of anilines is 1. The van der Waals surface area contributed by atoms with Crippen LogP contribution in [0.5, 0.6) is 5.75 Å². The van der Waals surface area contributed by atoms with Crippen molar-refractivity contribution in [2.45, 2.75) is 12.6 Å². The summed E-state index contributed by atoms with van der Waals surface area (Å²) in [6.45, 7) is 0.0410. The van der Waals surface area contributed by atoms with E-state index >= 15 is 0 Å². The van der Waals surface area contributed by atoms with Gasteiger partial charge in [0.05, 0.1) is 12.2 Å². The minimum Gasteiger partial charge on any atom is -0.489 e. The predicted molar refractivity (Wildman–Crippen MR) is 74.3 cm³/mol. The Bertz CT molecular complexity index is 632. The third-order valence-corrected chi connectivity index (χ3v) is 3.04. The summed E-state index contributed by atoms with van der Waals surface area (Å²) in [6.07, 6.45) is -2.86. The Morgan fingerprint density at radius 2 is 2.00 bits per heavy atom. The first-order chi connectivity index (χ1) is 9.88. The SMILES string of the molecule is Nc1ncccc1OCCc1cc(Cl)ccc1C(F)(F)F. The number of rotatable bonds is 4. The van der Waals surface area contributed by atoms with Crippen LogP contribution in [0.25, 0.3) is 0 Å². The van der Waals surface area contributed by atoms with Gasteiger partial charge in [0.2, 0.25) is 0 Å². The Kier molecular flexibility index (Phi) is 4.57. The number of nitrogens with zero attached hydrogens (tertiary/aromatic N) is 1. The van der Waals surface area contributed by atoms with Gasteiger partial charge in [0.1, 0.15) is 0 Å². The zero-order valence-electron chi connectivity index (χ0n) is 10.8. The Balaban J connectivity index is 2.10. The van der Waals surface area contributed by atoms with Crippen molar-refractivity contribution in [1.29, 1.82) is 0 Å². The van der Waals surface area contributed by atoms with Crippen LogP contribution in [0.3, 0.4) is 0 Å². The minimum atomic E-state index is -4.42. The van der Waals surface area contributed by atoms with Crippen LogP contribution in [0.15, 0.2) is 36.5 Å². The molecule has 3 nitrogen and oxygen atoms in total. The van der Waals surface area contributed by atoms with E-state index in [2.05, 4.69) is 4.98 Å². The molecule has 0 saturated heterocycles. The molecule has 2 aromatic rings. The van der Waals surface area contributed by atoms with Gasteiger partial charge in [0.15, 0.2) is 11.6 Å². The maximum atomic E-state index is 12.9. The van der Waals surface area contributed by atoms with Crippen LogP contribution in [-0.2, 0) is 12.6 Å². The van der Waals surface area contributed by atoms with E-state index in [9.17, 15) is 13.2 Å². The number of alkyl halides is 3. The first-order valence-electron chi connectivity index (χ1n) is 6.07. The van der Waals surface area contributed by atoms with Crippen molar-refractivity contribution in [2.24, 2.45) is 0 Å². The second-order valence-electron chi connectivity index (χ2n) is 4.28. The number of hydrogen-bond acceptors (Lipinski definition) is 3. The molecule has 0 amide bonds. The van der Waals surface area contributed by atoms with E-state index in [-0.39, 0.29) is 29.4 Å². The molecular formula is C14H12ClF3N2O. The molecule has 2 rings (SSSR count). The van der Waals surface area contributed by atoms with E-state index in [1.54, 1.807) is 12.1 Å². The molecule has 2 N–H and O–H groups in total. The van der Waals surface area contributed by atoms with Crippen LogP contribution in [0.1, 0.15) is 11.1 Å². The molecule has 0 spiro atoms. The second kappa shape index (κ2) is 6.22. The van der Waals surface area contributed by atoms with Crippen LogP contribution in [0.2, 0.25) is 5.02 Å². The van der Waals surface area contributed by atoms with Crippen molar-refractivity contribution in [3.8, 4) is 5.75 Å². The van der Waals surface area contributed by atoms with Crippen LogP contribution in [-0.4, -0.2) is 11.6 Å². The lowest BCUT2D eigenvalue weighted by molar-refractivity contribution is -0.138. The molecule has 1 heterocycles. The fourth-order valence-corrected chi connectivity index (χ4v) is 2.04. The van der Waals surface area contributed by atoms with Crippen LogP contribution < -0.4 is 10.5 Å². The lowest BCUT2D eigenvalue weighted by atomic mass is 10.0. The molecule has 0 aliphatic rings. The quantitative estimate of drug-likeness (QED) is 0.929. The first kappa shape index (κ1) is 15.4. The lowest BCUT2D eigenvalue weighted by Gasteiger charge is -2.14. The molecule has 0 radical (unpaired) electrons. The van der Waals surface area contributed by atoms with Crippen molar-refractivity contribution < 1.29 is 17.9 Å². The summed E-state index contributed by atoms with van der Waals surface area (Å²) in [6, 6.07) is 6.71. The van der Waals surface area contributed by atoms with Crippen LogP contribution in [0, 0.1) is 0 Å². The first-order valence-corrected chi connectivity index (χ1v) is 6.44. The van der Waals surface area contributed by atoms with Crippen molar-refractivity contribution in [3.05, 3.63) is 52.7 Å². The van der Waals surface area contributed by atoms with Gasteiger partial charge in [0.25, 0.3) is 0 Å². The maximum absolute atomic E-state index is 12.9. The molecule has 7 heteroatoms. The molecular weight excluding hydrogens is 305 g/mol. The van der Waals surface area contributed by atoms with Gasteiger partial charge in [0, 0.05) is 17.6 Å². The number of benzene rings is 1. The average Bonchev–Trinajstić information content (AvgIpc) is 2.39. The van der Waals surface area contributed by atoms with Gasteiger partial charge in [-0.3, -0.25) is 0 Å². The number of pyridine rings is 1. The second-order valence-corrected chi connectivity index (χ2v) is 4.72. The molecule has 0 atom stereocenters. The Morgan fingerprint density at radius 3 is 2.67 bits per heavy atom. The molecule has 0 saturated carbocycles. The molecule has 0 bridgehead atoms. The average molecular weight is 317 g/mol. The van der Waals surface area contributed by atoms with Gasteiger partial charge < -0.3 is 10.5 Å². The molecule has 1 aromatic heterocycles. The van der Waals surface area contributed by atoms with Crippen molar-refractivity contribution in [1.82, 2.24) is 4.98 Å². The standard InChI is InChI=1S/C14H12ClF3N2O/c15-10-3-4-11(14(16,17)18)9(8-10)5-7-21-12-2-1-6-20-13(12)19/h1-4,6,8H,5,7H2,(H2,19,20). The zero-order valence-corrected chi connectivity index (χ0v) is 11.6. The summed E-state index contributed by atoms with van der Waals surface area (Å²) in [5.74, 6) is 0.535. The van der Waals surface area contributed by atoms with E-state index in [4.69, 9.17) is 22.1 Å². The van der Waals surface area contributed by atoms with Gasteiger partial charge in [-0.25, -0.2) is 4.98 Å². The zero-order chi connectivity index (χ0) is 15.5. The topological polar surface area (TPSA) is 48.1 Å². The van der Waals surface area contributed by atoms with Gasteiger partial charge in [-0.05, 0) is 35.9 Å². The van der Waals surface area contributed by atoms with E-state index in [1.165, 1.54) is 18.3 Å². The van der Waals surface area contributed by atoms with Crippen LogP contribution >= 0.6 is 11.6 Å². The van der Waals surface area contributed by atoms with Crippen LogP contribution in [0.4, 0.5) is 19.0 Å². The summed E-state index contributed by atoms with van der Waals surface area (Å²) < 4.78 is 44.0. The predicted octanol–water partition coefficient (Wildman–Crippen LogP) is 3.96. The lowest BCUT2D eigenvalue weighted by Crippen LogP contribution is -2.12. The summed E-state index contributed by atoms with van der Waals surface area (Å²) >= 11 is 5.75. The largest absolute Gasteiger partial charge is 0.489 e. The van der Waals surface area contributed by atoms with Gasteiger partial charge >= 0.3 is 6.18 Å². The highest BCUT2D eigenvalue weighted by atomic mass is 35.5. The molecule has 112 valence electrons. The molecule has 0 unspecified atom stereocenters. The fourth-order valence-electron chi connectivity index (χ4n) is 1.84. The fraction of sp³-hybridized carbons (Fsp3) is 0.214.